The van der Waals surface area contributed by atoms with Gasteiger partial charge < -0.3 is 19.3 Å². The Morgan fingerprint density at radius 3 is 2.88 bits per heavy atom. The van der Waals surface area contributed by atoms with Crippen LogP contribution in [0.2, 0.25) is 0 Å². The molecule has 0 aromatic carbocycles. The lowest BCUT2D eigenvalue weighted by molar-refractivity contribution is 0.0200. The molecule has 0 saturated carbocycles. The molecule has 3 fully saturated rings. The predicted octanol–water partition coefficient (Wildman–Crippen LogP) is 1.76. The summed E-state index contributed by atoms with van der Waals surface area (Å²) in [6.07, 6.45) is 5.83. The molecule has 1 aromatic rings. The maximum atomic E-state index is 12.7. The standard InChI is InChI=1S/C18H25N3O3/c22-17(20-7-1-2-8-20)21-9-16-11-24-14-18(16,12-21)13-23-10-15-3-5-19-6-4-15/h3-6,16H,1-2,7-14H2/t16-,18-/m0/s1. The molecule has 0 spiro atoms. The molecular weight excluding hydrogens is 306 g/mol. The fourth-order valence-electron chi connectivity index (χ4n) is 4.14. The van der Waals surface area contributed by atoms with Crippen molar-refractivity contribution < 1.29 is 14.3 Å². The quantitative estimate of drug-likeness (QED) is 0.844. The van der Waals surface area contributed by atoms with Crippen LogP contribution in [-0.2, 0) is 16.1 Å². The van der Waals surface area contributed by atoms with Crippen molar-refractivity contribution in [1.29, 1.82) is 0 Å². The van der Waals surface area contributed by atoms with E-state index in [1.165, 1.54) is 0 Å². The fraction of sp³-hybridized carbons (Fsp3) is 0.667. The van der Waals surface area contributed by atoms with Crippen molar-refractivity contribution >= 4 is 6.03 Å². The van der Waals surface area contributed by atoms with Gasteiger partial charge in [-0.3, -0.25) is 4.98 Å². The van der Waals surface area contributed by atoms with Gasteiger partial charge in [-0.05, 0) is 30.5 Å². The van der Waals surface area contributed by atoms with Gasteiger partial charge >= 0.3 is 6.03 Å². The summed E-state index contributed by atoms with van der Waals surface area (Å²) in [5.74, 6) is 0.390. The van der Waals surface area contributed by atoms with E-state index in [4.69, 9.17) is 9.47 Å². The van der Waals surface area contributed by atoms with Gasteiger partial charge in [0.2, 0.25) is 0 Å². The molecule has 6 nitrogen and oxygen atoms in total. The number of ether oxygens (including phenoxy) is 2. The SMILES string of the molecule is O=C(N1CCCC1)N1C[C@H]2COC[C@@]2(COCc2ccncc2)C1. The van der Waals surface area contributed by atoms with Crippen molar-refractivity contribution in [3.63, 3.8) is 0 Å². The Labute approximate surface area is 142 Å². The van der Waals surface area contributed by atoms with Crippen molar-refractivity contribution in [1.82, 2.24) is 14.8 Å². The Balaban J connectivity index is 1.36. The number of carbonyl (C=O) groups is 1. The predicted molar refractivity (Wildman–Crippen MR) is 88.4 cm³/mol. The van der Waals surface area contributed by atoms with E-state index in [1.807, 2.05) is 21.9 Å². The summed E-state index contributed by atoms with van der Waals surface area (Å²) in [4.78, 5) is 20.7. The number of carbonyl (C=O) groups excluding carboxylic acids is 1. The van der Waals surface area contributed by atoms with Crippen LogP contribution in [0.1, 0.15) is 18.4 Å². The second-order valence-electron chi connectivity index (χ2n) is 7.28. The third-order valence-electron chi connectivity index (χ3n) is 5.58. The van der Waals surface area contributed by atoms with Crippen LogP contribution in [0.25, 0.3) is 0 Å². The van der Waals surface area contributed by atoms with Crippen LogP contribution in [0.5, 0.6) is 0 Å². The molecule has 3 aliphatic rings. The summed E-state index contributed by atoms with van der Waals surface area (Å²) in [6.45, 7) is 6.02. The number of hydrogen-bond donors (Lipinski definition) is 0. The van der Waals surface area contributed by atoms with Crippen LogP contribution in [0, 0.1) is 11.3 Å². The molecule has 130 valence electrons. The lowest BCUT2D eigenvalue weighted by Crippen LogP contribution is -2.43. The summed E-state index contributed by atoms with van der Waals surface area (Å²) >= 11 is 0. The molecule has 0 bridgehead atoms. The second kappa shape index (κ2) is 6.69. The normalized spacial score (nSPS) is 29.2. The summed E-state index contributed by atoms with van der Waals surface area (Å²) in [5, 5.41) is 0. The van der Waals surface area contributed by atoms with Crippen molar-refractivity contribution in [2.75, 3.05) is 46.0 Å². The van der Waals surface area contributed by atoms with Gasteiger partial charge in [0.25, 0.3) is 0 Å². The van der Waals surface area contributed by atoms with Gasteiger partial charge in [-0.1, -0.05) is 0 Å². The Hall–Kier alpha value is -1.66. The van der Waals surface area contributed by atoms with Crippen LogP contribution >= 0.6 is 0 Å². The van der Waals surface area contributed by atoms with E-state index in [2.05, 4.69) is 4.98 Å². The van der Waals surface area contributed by atoms with Gasteiger partial charge in [-0.2, -0.15) is 0 Å². The van der Waals surface area contributed by atoms with E-state index in [0.29, 0.717) is 25.7 Å². The minimum Gasteiger partial charge on any atom is -0.380 e. The Morgan fingerprint density at radius 1 is 1.29 bits per heavy atom. The molecule has 1 aromatic heterocycles. The van der Waals surface area contributed by atoms with Crippen LogP contribution in [0.3, 0.4) is 0 Å². The topological polar surface area (TPSA) is 54.9 Å². The molecule has 3 saturated heterocycles. The summed E-state index contributed by atoms with van der Waals surface area (Å²) in [6, 6.07) is 4.14. The largest absolute Gasteiger partial charge is 0.380 e. The third kappa shape index (κ3) is 3.00. The van der Waals surface area contributed by atoms with E-state index in [-0.39, 0.29) is 11.4 Å². The van der Waals surface area contributed by atoms with E-state index >= 15 is 0 Å². The first-order valence-corrected chi connectivity index (χ1v) is 8.85. The highest BCUT2D eigenvalue weighted by Crippen LogP contribution is 2.42. The first-order chi connectivity index (χ1) is 11.8. The van der Waals surface area contributed by atoms with Crippen molar-refractivity contribution in [2.24, 2.45) is 11.3 Å². The second-order valence-corrected chi connectivity index (χ2v) is 7.28. The zero-order chi connectivity index (χ0) is 16.4. The van der Waals surface area contributed by atoms with Crippen molar-refractivity contribution in [3.8, 4) is 0 Å². The number of urea groups is 1. The number of amides is 2. The fourth-order valence-corrected chi connectivity index (χ4v) is 4.14. The molecule has 2 atom stereocenters. The highest BCUT2D eigenvalue weighted by Gasteiger charge is 2.52. The molecule has 0 radical (unpaired) electrons. The van der Waals surface area contributed by atoms with Gasteiger partial charge in [-0.25, -0.2) is 4.79 Å². The van der Waals surface area contributed by atoms with Gasteiger partial charge in [-0.15, -0.1) is 0 Å². The molecule has 0 aliphatic carbocycles. The summed E-state index contributed by atoms with van der Waals surface area (Å²) in [7, 11) is 0. The maximum absolute atomic E-state index is 12.7. The number of rotatable bonds is 4. The smallest absolute Gasteiger partial charge is 0.320 e. The van der Waals surface area contributed by atoms with Crippen LogP contribution < -0.4 is 0 Å². The number of hydrogen-bond acceptors (Lipinski definition) is 4. The highest BCUT2D eigenvalue weighted by molar-refractivity contribution is 5.75. The Bertz CT molecular complexity index is 576. The van der Waals surface area contributed by atoms with E-state index in [0.717, 1.165) is 51.2 Å². The summed E-state index contributed by atoms with van der Waals surface area (Å²) < 4.78 is 11.7. The monoisotopic (exact) mass is 331 g/mol. The van der Waals surface area contributed by atoms with Gasteiger partial charge in [0.1, 0.15) is 0 Å². The molecule has 4 heterocycles. The molecule has 3 aliphatic heterocycles. The highest BCUT2D eigenvalue weighted by atomic mass is 16.5. The third-order valence-corrected chi connectivity index (χ3v) is 5.58. The zero-order valence-corrected chi connectivity index (χ0v) is 14.0. The lowest BCUT2D eigenvalue weighted by atomic mass is 9.82. The molecular formula is C18H25N3O3. The summed E-state index contributed by atoms with van der Waals surface area (Å²) in [5.41, 5.74) is 1.09. The van der Waals surface area contributed by atoms with Crippen molar-refractivity contribution in [3.05, 3.63) is 30.1 Å². The first-order valence-electron chi connectivity index (χ1n) is 8.85. The Kier molecular flexibility index (Phi) is 4.41. The molecule has 6 heteroatoms. The van der Waals surface area contributed by atoms with Gasteiger partial charge in [0, 0.05) is 49.9 Å². The average molecular weight is 331 g/mol. The Morgan fingerprint density at radius 2 is 2.08 bits per heavy atom. The molecule has 0 unspecified atom stereocenters. The molecule has 0 N–H and O–H groups in total. The van der Waals surface area contributed by atoms with Crippen molar-refractivity contribution in [2.45, 2.75) is 19.4 Å². The van der Waals surface area contributed by atoms with Gasteiger partial charge in [0.05, 0.1) is 26.4 Å². The van der Waals surface area contributed by atoms with E-state index < -0.39 is 0 Å². The number of fused-ring (bicyclic) bond motifs is 1. The minimum atomic E-state index is -0.0393. The van der Waals surface area contributed by atoms with E-state index in [1.54, 1.807) is 12.4 Å². The zero-order valence-electron chi connectivity index (χ0n) is 14.0. The maximum Gasteiger partial charge on any atom is 0.320 e. The van der Waals surface area contributed by atoms with Gasteiger partial charge in [0.15, 0.2) is 0 Å². The van der Waals surface area contributed by atoms with E-state index in [9.17, 15) is 4.79 Å². The number of pyridine rings is 1. The molecule has 24 heavy (non-hydrogen) atoms. The van der Waals surface area contributed by atoms with Crippen LogP contribution in [-0.4, -0.2) is 66.8 Å². The average Bonchev–Trinajstić information content (AvgIpc) is 3.31. The number of nitrogens with zero attached hydrogens (tertiary/aromatic N) is 3. The van der Waals surface area contributed by atoms with Crippen LogP contribution in [0.4, 0.5) is 4.79 Å². The lowest BCUT2D eigenvalue weighted by Gasteiger charge is -2.28. The molecule has 4 rings (SSSR count). The molecule has 2 amide bonds. The number of aromatic nitrogens is 1. The minimum absolute atomic E-state index is 0.0393. The van der Waals surface area contributed by atoms with Crippen LogP contribution in [0.15, 0.2) is 24.5 Å². The first kappa shape index (κ1) is 15.8. The number of likely N-dealkylation sites (tertiary alicyclic amines) is 2.